The van der Waals surface area contributed by atoms with Crippen LogP contribution in [0.15, 0.2) is 60.0 Å². The molecule has 1 amide bonds. The Kier molecular flexibility index (Phi) is 4.21. The summed E-state index contributed by atoms with van der Waals surface area (Å²) in [6.07, 6.45) is 0.324. The lowest BCUT2D eigenvalue weighted by Crippen LogP contribution is -2.30. The van der Waals surface area contributed by atoms with E-state index in [9.17, 15) is 13.6 Å². The molecule has 0 saturated carbocycles. The largest absolute Gasteiger partial charge is 0.305 e. The third-order valence-corrected chi connectivity index (χ3v) is 5.66. The molecule has 5 nitrogen and oxygen atoms in total. The van der Waals surface area contributed by atoms with Gasteiger partial charge < -0.3 is 4.90 Å². The van der Waals surface area contributed by atoms with Crippen molar-refractivity contribution in [2.75, 3.05) is 11.4 Å². The highest BCUT2D eigenvalue weighted by Crippen LogP contribution is 2.33. The Morgan fingerprint density at radius 3 is 2.66 bits per heavy atom. The molecule has 2 aromatic carbocycles. The Bertz CT molecular complexity index is 1210. The molecule has 4 aromatic rings. The Hall–Kier alpha value is -3.39. The Labute approximate surface area is 168 Å². The number of aromatic nitrogens is 3. The van der Waals surface area contributed by atoms with Crippen LogP contribution in [0.5, 0.6) is 0 Å². The maximum atomic E-state index is 14.1. The molecule has 1 aliphatic heterocycles. The average molecular weight is 408 g/mol. The maximum absolute atomic E-state index is 14.1. The topological polar surface area (TPSA) is 51.0 Å². The quantitative estimate of drug-likeness (QED) is 0.502. The van der Waals surface area contributed by atoms with Gasteiger partial charge in [-0.1, -0.05) is 24.3 Å². The second-order valence-electron chi connectivity index (χ2n) is 6.58. The van der Waals surface area contributed by atoms with Gasteiger partial charge >= 0.3 is 0 Å². The number of carbonyl (C=O) groups is 1. The molecule has 8 heteroatoms. The van der Waals surface area contributed by atoms with Gasteiger partial charge in [-0.05, 0) is 36.1 Å². The lowest BCUT2D eigenvalue weighted by atomic mass is 10.1. The van der Waals surface area contributed by atoms with Crippen LogP contribution in [0.4, 0.5) is 14.5 Å². The fourth-order valence-corrected chi connectivity index (χ4v) is 4.17. The molecule has 5 rings (SSSR count). The van der Waals surface area contributed by atoms with Crippen molar-refractivity contribution in [1.29, 1.82) is 0 Å². The molecule has 0 aliphatic carbocycles. The summed E-state index contributed by atoms with van der Waals surface area (Å²) in [5.74, 6) is -1.32. The smallest absolute Gasteiger partial charge is 0.297 e. The highest BCUT2D eigenvalue weighted by Gasteiger charge is 2.31. The van der Waals surface area contributed by atoms with Gasteiger partial charge in [-0.2, -0.15) is 0 Å². The molecule has 0 atom stereocenters. The average Bonchev–Trinajstić information content (AvgIpc) is 3.46. The zero-order valence-corrected chi connectivity index (χ0v) is 15.9. The standard InChI is InChI=1S/C21H14F2N4OS/c22-13-11-16(23)15-8-9-26(17(15)12-13)21(28)19-24-20(18-7-4-10-29-18)27(25-19)14-5-2-1-3-6-14/h1-7,10-12H,8-9H2. The Balaban J connectivity index is 1.59. The van der Waals surface area contributed by atoms with Crippen LogP contribution in [0.3, 0.4) is 0 Å². The van der Waals surface area contributed by atoms with Crippen molar-refractivity contribution in [2.24, 2.45) is 0 Å². The molecule has 2 aromatic heterocycles. The fraction of sp³-hybridized carbons (Fsp3) is 0.0952. The summed E-state index contributed by atoms with van der Waals surface area (Å²) in [4.78, 5) is 19.8. The van der Waals surface area contributed by atoms with E-state index < -0.39 is 17.5 Å². The van der Waals surface area contributed by atoms with Gasteiger partial charge in [0.15, 0.2) is 5.82 Å². The number of halogens is 2. The summed E-state index contributed by atoms with van der Waals surface area (Å²) < 4.78 is 29.4. The van der Waals surface area contributed by atoms with Crippen molar-refractivity contribution in [1.82, 2.24) is 14.8 Å². The first-order valence-electron chi connectivity index (χ1n) is 8.98. The van der Waals surface area contributed by atoms with Gasteiger partial charge in [0.1, 0.15) is 11.6 Å². The molecule has 0 bridgehead atoms. The van der Waals surface area contributed by atoms with Crippen molar-refractivity contribution >= 4 is 22.9 Å². The van der Waals surface area contributed by atoms with Crippen LogP contribution in [0.1, 0.15) is 16.2 Å². The van der Waals surface area contributed by atoms with Crippen molar-refractivity contribution in [3.05, 3.63) is 83.0 Å². The number of nitrogens with zero attached hydrogens (tertiary/aromatic N) is 4. The third-order valence-electron chi connectivity index (χ3n) is 4.80. The van der Waals surface area contributed by atoms with Gasteiger partial charge in [0.05, 0.1) is 16.3 Å². The molecular weight excluding hydrogens is 394 g/mol. The molecule has 3 heterocycles. The van der Waals surface area contributed by atoms with E-state index in [1.165, 1.54) is 22.3 Å². The number of benzene rings is 2. The number of thiophene rings is 1. The van der Waals surface area contributed by atoms with Crippen LogP contribution in [0.25, 0.3) is 16.4 Å². The monoisotopic (exact) mass is 408 g/mol. The number of hydrogen-bond acceptors (Lipinski definition) is 4. The molecule has 0 spiro atoms. The summed E-state index contributed by atoms with van der Waals surface area (Å²) >= 11 is 1.49. The van der Waals surface area contributed by atoms with Gasteiger partial charge in [-0.3, -0.25) is 4.79 Å². The molecule has 29 heavy (non-hydrogen) atoms. The van der Waals surface area contributed by atoms with E-state index in [4.69, 9.17) is 0 Å². The number of rotatable bonds is 3. The molecule has 0 unspecified atom stereocenters. The normalized spacial score (nSPS) is 13.0. The molecule has 0 saturated heterocycles. The van der Waals surface area contributed by atoms with Crippen LogP contribution in [-0.4, -0.2) is 27.2 Å². The van der Waals surface area contributed by atoms with Crippen molar-refractivity contribution in [3.8, 4) is 16.4 Å². The number of amides is 1. The van der Waals surface area contributed by atoms with E-state index in [1.54, 1.807) is 4.68 Å². The summed E-state index contributed by atoms with van der Waals surface area (Å²) in [5.41, 5.74) is 1.34. The van der Waals surface area contributed by atoms with Gasteiger partial charge in [-0.15, -0.1) is 16.4 Å². The number of carbonyl (C=O) groups excluding carboxylic acids is 1. The Morgan fingerprint density at radius 1 is 1.07 bits per heavy atom. The summed E-state index contributed by atoms with van der Waals surface area (Å²) in [6, 6.07) is 15.2. The van der Waals surface area contributed by atoms with E-state index in [-0.39, 0.29) is 18.1 Å². The van der Waals surface area contributed by atoms with Gasteiger partial charge in [-0.25, -0.2) is 18.4 Å². The van der Waals surface area contributed by atoms with Crippen LogP contribution in [0.2, 0.25) is 0 Å². The molecule has 144 valence electrons. The number of hydrogen-bond donors (Lipinski definition) is 0. The highest BCUT2D eigenvalue weighted by atomic mass is 32.1. The fourth-order valence-electron chi connectivity index (χ4n) is 3.47. The zero-order valence-electron chi connectivity index (χ0n) is 15.0. The predicted molar refractivity (Wildman–Crippen MR) is 106 cm³/mol. The second-order valence-corrected chi connectivity index (χ2v) is 7.52. The number of para-hydroxylation sites is 1. The second kappa shape index (κ2) is 6.89. The first-order chi connectivity index (χ1) is 14.1. The SMILES string of the molecule is O=C(c1nc(-c2cccs2)n(-c2ccccc2)n1)N1CCc2c(F)cc(F)cc21. The number of anilines is 1. The predicted octanol–water partition coefficient (Wildman–Crippen LogP) is 4.48. The summed E-state index contributed by atoms with van der Waals surface area (Å²) in [6.45, 7) is 0.253. The lowest BCUT2D eigenvalue weighted by Gasteiger charge is -2.15. The highest BCUT2D eigenvalue weighted by molar-refractivity contribution is 7.13. The third kappa shape index (κ3) is 3.01. The van der Waals surface area contributed by atoms with E-state index in [0.29, 0.717) is 17.8 Å². The lowest BCUT2D eigenvalue weighted by molar-refractivity contribution is 0.0979. The van der Waals surface area contributed by atoms with Crippen molar-refractivity contribution < 1.29 is 13.6 Å². The van der Waals surface area contributed by atoms with Crippen LogP contribution >= 0.6 is 11.3 Å². The van der Waals surface area contributed by atoms with Crippen LogP contribution in [-0.2, 0) is 6.42 Å². The van der Waals surface area contributed by atoms with Gasteiger partial charge in [0.25, 0.3) is 5.91 Å². The van der Waals surface area contributed by atoms with Gasteiger partial charge in [0.2, 0.25) is 5.82 Å². The first-order valence-corrected chi connectivity index (χ1v) is 9.86. The minimum atomic E-state index is -0.719. The molecule has 0 radical (unpaired) electrons. The number of fused-ring (bicyclic) bond motifs is 1. The Morgan fingerprint density at radius 2 is 1.90 bits per heavy atom. The van der Waals surface area contributed by atoms with E-state index in [1.807, 2.05) is 47.8 Å². The van der Waals surface area contributed by atoms with Crippen LogP contribution < -0.4 is 4.90 Å². The molecule has 0 N–H and O–H groups in total. The van der Waals surface area contributed by atoms with Gasteiger partial charge in [0, 0.05) is 18.2 Å². The summed E-state index contributed by atoms with van der Waals surface area (Å²) in [5, 5.41) is 6.35. The minimum absolute atomic E-state index is 0.0187. The van der Waals surface area contributed by atoms with Crippen LogP contribution in [0, 0.1) is 11.6 Å². The molecular formula is C21H14F2N4OS. The minimum Gasteiger partial charge on any atom is -0.305 e. The van der Waals surface area contributed by atoms with E-state index in [0.717, 1.165) is 16.6 Å². The van der Waals surface area contributed by atoms with E-state index in [2.05, 4.69) is 10.1 Å². The summed E-state index contributed by atoms with van der Waals surface area (Å²) in [7, 11) is 0. The molecule has 1 aliphatic rings. The van der Waals surface area contributed by atoms with Crippen molar-refractivity contribution in [3.63, 3.8) is 0 Å². The first kappa shape index (κ1) is 17.7. The van der Waals surface area contributed by atoms with Crippen molar-refractivity contribution in [2.45, 2.75) is 6.42 Å². The molecule has 0 fully saturated rings. The van der Waals surface area contributed by atoms with E-state index >= 15 is 0 Å². The maximum Gasteiger partial charge on any atom is 0.297 e. The zero-order chi connectivity index (χ0) is 20.0.